The van der Waals surface area contributed by atoms with Gasteiger partial charge in [-0.15, -0.1) is 0 Å². The average molecular weight is 316 g/mol. The second-order valence-corrected chi connectivity index (χ2v) is 7.54. The van der Waals surface area contributed by atoms with Gasteiger partial charge in [0.2, 0.25) is 10.0 Å². The van der Waals surface area contributed by atoms with Gasteiger partial charge in [-0.25, -0.2) is 12.8 Å². The number of hydrogen-bond acceptors (Lipinski definition) is 4. The van der Waals surface area contributed by atoms with Crippen molar-refractivity contribution in [3.8, 4) is 0 Å². The predicted molar refractivity (Wildman–Crippen MR) is 78.7 cm³/mol. The Kier molecular flexibility index (Phi) is 4.55. The third-order valence-electron chi connectivity index (χ3n) is 4.04. The molecule has 1 aromatic carbocycles. The SMILES string of the molecule is Cc1cc(N)cc(S(=O)(=O)N2CCC(C(C)O)CC2)c1F. The summed E-state index contributed by atoms with van der Waals surface area (Å²) in [6, 6.07) is 2.58. The summed E-state index contributed by atoms with van der Waals surface area (Å²) in [4.78, 5) is -0.365. The number of aliphatic hydroxyl groups excluding tert-OH is 1. The maximum atomic E-state index is 14.1. The summed E-state index contributed by atoms with van der Waals surface area (Å²) >= 11 is 0. The first-order valence-electron chi connectivity index (χ1n) is 6.97. The zero-order valence-electron chi connectivity index (χ0n) is 12.2. The fourth-order valence-corrected chi connectivity index (χ4v) is 4.33. The summed E-state index contributed by atoms with van der Waals surface area (Å²) in [6.45, 7) is 3.76. The molecule has 0 bridgehead atoms. The summed E-state index contributed by atoms with van der Waals surface area (Å²) in [5, 5.41) is 9.56. The van der Waals surface area contributed by atoms with Gasteiger partial charge in [0.05, 0.1) is 6.10 Å². The standard InChI is InChI=1S/C14H21FN2O3S/c1-9-7-12(16)8-13(14(9)15)21(19,20)17-5-3-11(4-6-17)10(2)18/h7-8,10-11,18H,3-6,16H2,1-2H3. The van der Waals surface area contributed by atoms with Crippen molar-refractivity contribution in [2.75, 3.05) is 18.8 Å². The Balaban J connectivity index is 2.28. The molecule has 118 valence electrons. The van der Waals surface area contributed by atoms with E-state index >= 15 is 0 Å². The first-order chi connectivity index (χ1) is 9.73. The second-order valence-electron chi connectivity index (χ2n) is 5.63. The van der Waals surface area contributed by atoms with Crippen LogP contribution >= 0.6 is 0 Å². The van der Waals surface area contributed by atoms with Crippen molar-refractivity contribution in [3.05, 3.63) is 23.5 Å². The maximum absolute atomic E-state index is 14.1. The van der Waals surface area contributed by atoms with E-state index in [2.05, 4.69) is 0 Å². The number of piperidine rings is 1. The lowest BCUT2D eigenvalue weighted by Crippen LogP contribution is -2.41. The number of nitrogen functional groups attached to an aromatic ring is 1. The Morgan fingerprint density at radius 2 is 1.95 bits per heavy atom. The zero-order valence-corrected chi connectivity index (χ0v) is 13.0. The number of halogens is 1. The van der Waals surface area contributed by atoms with Crippen LogP contribution in [0.5, 0.6) is 0 Å². The number of sulfonamides is 1. The van der Waals surface area contributed by atoms with Crippen LogP contribution in [0.4, 0.5) is 10.1 Å². The van der Waals surface area contributed by atoms with Crippen LogP contribution in [0.3, 0.4) is 0 Å². The number of hydrogen-bond donors (Lipinski definition) is 2. The average Bonchev–Trinajstić information content (AvgIpc) is 2.42. The molecule has 5 nitrogen and oxygen atoms in total. The summed E-state index contributed by atoms with van der Waals surface area (Å²) in [5.41, 5.74) is 6.08. The van der Waals surface area contributed by atoms with E-state index in [4.69, 9.17) is 5.73 Å². The normalized spacial score (nSPS) is 19.6. The highest BCUT2D eigenvalue weighted by Gasteiger charge is 2.33. The summed E-state index contributed by atoms with van der Waals surface area (Å²) in [5.74, 6) is -0.661. The van der Waals surface area contributed by atoms with E-state index in [0.29, 0.717) is 12.8 Å². The highest BCUT2D eigenvalue weighted by Crippen LogP contribution is 2.29. The molecule has 0 aromatic heterocycles. The van der Waals surface area contributed by atoms with Crippen molar-refractivity contribution >= 4 is 15.7 Å². The molecule has 1 aromatic rings. The van der Waals surface area contributed by atoms with Gasteiger partial charge in [0.25, 0.3) is 0 Å². The molecule has 0 amide bonds. The number of benzene rings is 1. The highest BCUT2D eigenvalue weighted by molar-refractivity contribution is 7.89. The Hall–Kier alpha value is -1.18. The minimum atomic E-state index is -3.89. The molecule has 0 aliphatic carbocycles. The van der Waals surface area contributed by atoms with E-state index in [0.717, 1.165) is 0 Å². The van der Waals surface area contributed by atoms with Gasteiger partial charge >= 0.3 is 0 Å². The fraction of sp³-hybridized carbons (Fsp3) is 0.571. The first-order valence-corrected chi connectivity index (χ1v) is 8.41. The largest absolute Gasteiger partial charge is 0.399 e. The number of nitrogens with zero attached hydrogens (tertiary/aromatic N) is 1. The van der Waals surface area contributed by atoms with Crippen molar-refractivity contribution in [1.29, 1.82) is 0 Å². The smallest absolute Gasteiger partial charge is 0.246 e. The molecule has 1 fully saturated rings. The lowest BCUT2D eigenvalue weighted by molar-refractivity contribution is 0.0911. The molecule has 0 spiro atoms. The van der Waals surface area contributed by atoms with Crippen LogP contribution in [0.1, 0.15) is 25.3 Å². The monoisotopic (exact) mass is 316 g/mol. The Morgan fingerprint density at radius 3 is 2.48 bits per heavy atom. The molecule has 1 atom stereocenters. The van der Waals surface area contributed by atoms with Crippen LogP contribution in [0.25, 0.3) is 0 Å². The molecule has 7 heteroatoms. The number of rotatable bonds is 3. The summed E-state index contributed by atoms with van der Waals surface area (Å²) < 4.78 is 40.5. The molecule has 0 saturated carbocycles. The van der Waals surface area contributed by atoms with Gasteiger partial charge in [-0.3, -0.25) is 0 Å². The van der Waals surface area contributed by atoms with Crippen molar-refractivity contribution in [2.45, 2.75) is 37.7 Å². The van der Waals surface area contributed by atoms with E-state index < -0.39 is 21.9 Å². The highest BCUT2D eigenvalue weighted by atomic mass is 32.2. The minimum absolute atomic E-state index is 0.0869. The molecule has 1 aliphatic heterocycles. The molecule has 1 saturated heterocycles. The minimum Gasteiger partial charge on any atom is -0.399 e. The zero-order chi connectivity index (χ0) is 15.8. The molecule has 21 heavy (non-hydrogen) atoms. The van der Waals surface area contributed by atoms with Gasteiger partial charge in [-0.1, -0.05) is 0 Å². The van der Waals surface area contributed by atoms with E-state index in [1.165, 1.54) is 23.4 Å². The van der Waals surface area contributed by atoms with Gasteiger partial charge in [-0.2, -0.15) is 4.31 Å². The molecule has 1 heterocycles. The number of aliphatic hydroxyl groups is 1. The van der Waals surface area contributed by atoms with E-state index in [-0.39, 0.29) is 35.2 Å². The maximum Gasteiger partial charge on any atom is 0.246 e. The quantitative estimate of drug-likeness (QED) is 0.828. The van der Waals surface area contributed by atoms with E-state index in [9.17, 15) is 17.9 Å². The van der Waals surface area contributed by atoms with Crippen molar-refractivity contribution in [3.63, 3.8) is 0 Å². The van der Waals surface area contributed by atoms with Gasteiger partial charge in [0, 0.05) is 18.8 Å². The van der Waals surface area contributed by atoms with Crippen LogP contribution in [0, 0.1) is 18.7 Å². The van der Waals surface area contributed by atoms with E-state index in [1.807, 2.05) is 0 Å². The van der Waals surface area contributed by atoms with Crippen molar-refractivity contribution < 1.29 is 17.9 Å². The third-order valence-corrected chi connectivity index (χ3v) is 5.94. The second kappa shape index (κ2) is 5.90. The van der Waals surface area contributed by atoms with Crippen molar-refractivity contribution in [2.24, 2.45) is 5.92 Å². The Labute approximate surface area is 124 Å². The van der Waals surface area contributed by atoms with Gasteiger partial charge < -0.3 is 10.8 Å². The van der Waals surface area contributed by atoms with Gasteiger partial charge in [-0.05, 0) is 50.3 Å². The summed E-state index contributed by atoms with van der Waals surface area (Å²) in [7, 11) is -3.89. The molecule has 1 unspecified atom stereocenters. The van der Waals surface area contributed by atoms with Crippen LogP contribution in [0.15, 0.2) is 17.0 Å². The molecule has 2 rings (SSSR count). The third kappa shape index (κ3) is 3.20. The molecule has 1 aliphatic rings. The first kappa shape index (κ1) is 16.2. The topological polar surface area (TPSA) is 83.6 Å². The lowest BCUT2D eigenvalue weighted by Gasteiger charge is -2.32. The van der Waals surface area contributed by atoms with Crippen molar-refractivity contribution in [1.82, 2.24) is 4.31 Å². The predicted octanol–water partition coefficient (Wildman–Crippen LogP) is 1.50. The molecule has 3 N–H and O–H groups in total. The number of nitrogens with two attached hydrogens (primary N) is 1. The van der Waals surface area contributed by atoms with Gasteiger partial charge in [0.1, 0.15) is 10.7 Å². The number of anilines is 1. The van der Waals surface area contributed by atoms with Gasteiger partial charge in [0.15, 0.2) is 0 Å². The number of aryl methyl sites for hydroxylation is 1. The van der Waals surface area contributed by atoms with E-state index in [1.54, 1.807) is 6.92 Å². The van der Waals surface area contributed by atoms with Crippen LogP contribution < -0.4 is 5.73 Å². The molecular weight excluding hydrogens is 295 g/mol. The van der Waals surface area contributed by atoms with Crippen LogP contribution in [-0.4, -0.2) is 37.0 Å². The Morgan fingerprint density at radius 1 is 1.38 bits per heavy atom. The Bertz CT molecular complexity index is 623. The van der Waals surface area contributed by atoms with Crippen LogP contribution in [-0.2, 0) is 10.0 Å². The summed E-state index contributed by atoms with van der Waals surface area (Å²) in [6.07, 6.45) is 0.681. The molecule has 0 radical (unpaired) electrons. The fourth-order valence-electron chi connectivity index (χ4n) is 2.69. The van der Waals surface area contributed by atoms with Crippen LogP contribution in [0.2, 0.25) is 0 Å². The lowest BCUT2D eigenvalue weighted by atomic mass is 9.93. The molecular formula is C14H21FN2O3S.